The number of hydrogen-bond donors (Lipinski definition) is 1. The molecule has 1 aliphatic carbocycles. The van der Waals surface area contributed by atoms with Crippen LogP contribution in [0.5, 0.6) is 0 Å². The van der Waals surface area contributed by atoms with Crippen LogP contribution >= 0.6 is 11.6 Å². The Morgan fingerprint density at radius 2 is 1.94 bits per heavy atom. The van der Waals surface area contributed by atoms with Crippen LogP contribution in [0.2, 0.25) is 5.02 Å². The third-order valence-corrected chi connectivity index (χ3v) is 6.57. The number of hydrogen-bond acceptors (Lipinski definition) is 6. The van der Waals surface area contributed by atoms with Crippen LogP contribution in [0.1, 0.15) is 12.8 Å². The molecule has 0 unspecified atom stereocenters. The topological polar surface area (TPSA) is 93.2 Å². The molecule has 36 heavy (non-hydrogen) atoms. The van der Waals surface area contributed by atoms with E-state index in [0.717, 1.165) is 5.56 Å². The van der Waals surface area contributed by atoms with Crippen LogP contribution < -0.4 is 10.6 Å². The zero-order valence-electron chi connectivity index (χ0n) is 19.9. The van der Waals surface area contributed by atoms with Gasteiger partial charge in [0.2, 0.25) is 0 Å². The Bertz CT molecular complexity index is 1460. The highest BCUT2D eigenvalue weighted by Gasteiger charge is 2.25. The predicted molar refractivity (Wildman–Crippen MR) is 140 cm³/mol. The molecule has 2 N–H and O–H groups in total. The van der Waals surface area contributed by atoms with E-state index in [4.69, 9.17) is 17.3 Å². The van der Waals surface area contributed by atoms with Gasteiger partial charge in [0.05, 0.1) is 11.1 Å². The van der Waals surface area contributed by atoms with Crippen LogP contribution in [-0.2, 0) is 4.79 Å². The van der Waals surface area contributed by atoms with Crippen molar-refractivity contribution in [3.63, 3.8) is 0 Å². The van der Waals surface area contributed by atoms with Gasteiger partial charge in [0, 0.05) is 36.3 Å². The Morgan fingerprint density at radius 1 is 1.19 bits per heavy atom. The van der Waals surface area contributed by atoms with Gasteiger partial charge in [-0.1, -0.05) is 35.9 Å². The quantitative estimate of drug-likeness (QED) is 0.372. The minimum atomic E-state index is -0.610. The summed E-state index contributed by atoms with van der Waals surface area (Å²) >= 11 is 6.04. The lowest BCUT2D eigenvalue weighted by Crippen LogP contribution is -2.26. The Labute approximate surface area is 212 Å². The summed E-state index contributed by atoms with van der Waals surface area (Å²) in [6, 6.07) is 12.5. The van der Waals surface area contributed by atoms with Crippen molar-refractivity contribution in [2.45, 2.75) is 18.9 Å². The van der Waals surface area contributed by atoms with Crippen LogP contribution in [0.3, 0.4) is 0 Å². The molecule has 10 heteroatoms. The van der Waals surface area contributed by atoms with Gasteiger partial charge in [-0.3, -0.25) is 9.69 Å². The largest absolute Gasteiger partial charge is 0.383 e. The number of aromatic nitrogens is 4. The van der Waals surface area contributed by atoms with E-state index in [9.17, 15) is 4.79 Å². The molecular weight excluding hydrogens is 481 g/mol. The van der Waals surface area contributed by atoms with Crippen molar-refractivity contribution in [2.24, 2.45) is 0 Å². The second-order valence-electron chi connectivity index (χ2n) is 8.81. The lowest BCUT2D eigenvalue weighted by Gasteiger charge is -2.18. The van der Waals surface area contributed by atoms with Crippen LogP contribution in [0.25, 0.3) is 28.0 Å². The van der Waals surface area contributed by atoms with Gasteiger partial charge in [0.15, 0.2) is 11.5 Å². The number of halogens is 2. The molecule has 1 aliphatic rings. The third kappa shape index (κ3) is 4.55. The molecule has 2 aromatic heterocycles. The summed E-state index contributed by atoms with van der Waals surface area (Å²) in [5, 5.41) is 5.72. The van der Waals surface area contributed by atoms with E-state index in [1.165, 1.54) is 34.8 Å². The summed E-state index contributed by atoms with van der Waals surface area (Å²) in [5.74, 6) is -0.712. The first-order chi connectivity index (χ1) is 17.3. The van der Waals surface area contributed by atoms with Crippen molar-refractivity contribution < 1.29 is 9.18 Å². The first-order valence-electron chi connectivity index (χ1n) is 11.5. The molecule has 5 rings (SSSR count). The van der Waals surface area contributed by atoms with Gasteiger partial charge in [0.25, 0.3) is 5.91 Å². The smallest absolute Gasteiger partial charge is 0.250 e. The van der Waals surface area contributed by atoms with Crippen LogP contribution in [0.4, 0.5) is 15.9 Å². The molecule has 1 amide bonds. The minimum Gasteiger partial charge on any atom is -0.383 e. The summed E-state index contributed by atoms with van der Waals surface area (Å²) in [5.41, 5.74) is 8.00. The number of nitrogens with zero attached hydrogens (tertiary/aromatic N) is 6. The zero-order valence-corrected chi connectivity index (χ0v) is 20.7. The summed E-state index contributed by atoms with van der Waals surface area (Å²) in [6.45, 7) is 0.667. The van der Waals surface area contributed by atoms with Gasteiger partial charge >= 0.3 is 0 Å². The van der Waals surface area contributed by atoms with E-state index in [1.54, 1.807) is 55.6 Å². The normalized spacial score (nSPS) is 13.7. The molecular formula is C26H25ClFN7O. The summed E-state index contributed by atoms with van der Waals surface area (Å²) < 4.78 is 17.2. The molecule has 4 aromatic rings. The minimum absolute atomic E-state index is 0.122. The van der Waals surface area contributed by atoms with Crippen molar-refractivity contribution in [3.8, 4) is 16.9 Å². The predicted octanol–water partition coefficient (Wildman–Crippen LogP) is 4.47. The van der Waals surface area contributed by atoms with E-state index in [2.05, 4.69) is 20.0 Å². The Hall–Kier alpha value is -3.82. The summed E-state index contributed by atoms with van der Waals surface area (Å²) in [4.78, 5) is 24.7. The molecule has 2 aromatic carbocycles. The standard InChI is InChI=1S/C26H25ClFN7O/c1-33(18-12-13-18)14-4-7-21(36)34(2)19-5-3-6-20(23(19)28)35-26-22(25(29)30-15-31-26)24(32-35)16-8-10-17(27)11-9-16/h3-11,15,18H,12-14H2,1-2H3,(H2,29,30,31)/b7-4+. The third-order valence-electron chi connectivity index (χ3n) is 6.31. The average molecular weight is 506 g/mol. The molecule has 0 bridgehead atoms. The molecule has 1 fully saturated rings. The van der Waals surface area contributed by atoms with Crippen molar-refractivity contribution in [1.29, 1.82) is 0 Å². The maximum Gasteiger partial charge on any atom is 0.250 e. The summed E-state index contributed by atoms with van der Waals surface area (Å²) in [6.07, 6.45) is 6.96. The molecule has 0 saturated heterocycles. The van der Waals surface area contributed by atoms with Crippen LogP contribution in [0.15, 0.2) is 60.9 Å². The van der Waals surface area contributed by atoms with Gasteiger partial charge in [-0.2, -0.15) is 5.10 Å². The number of benzene rings is 2. The second-order valence-corrected chi connectivity index (χ2v) is 9.24. The van der Waals surface area contributed by atoms with E-state index in [1.807, 2.05) is 7.05 Å². The molecule has 2 heterocycles. The summed E-state index contributed by atoms with van der Waals surface area (Å²) in [7, 11) is 3.57. The number of likely N-dealkylation sites (N-methyl/N-ethyl adjacent to an activating group) is 2. The van der Waals surface area contributed by atoms with Gasteiger partial charge < -0.3 is 10.6 Å². The van der Waals surface area contributed by atoms with E-state index < -0.39 is 5.82 Å². The van der Waals surface area contributed by atoms with Crippen molar-refractivity contribution >= 4 is 40.0 Å². The molecule has 0 aliphatic heterocycles. The van der Waals surface area contributed by atoms with Gasteiger partial charge in [-0.15, -0.1) is 0 Å². The van der Waals surface area contributed by atoms with Crippen LogP contribution in [0, 0.1) is 5.82 Å². The molecule has 0 atom stereocenters. The number of nitrogens with two attached hydrogens (primary N) is 1. The fraction of sp³-hybridized carbons (Fsp3) is 0.231. The average Bonchev–Trinajstić information content (AvgIpc) is 3.65. The van der Waals surface area contributed by atoms with E-state index in [-0.39, 0.29) is 23.1 Å². The first kappa shape index (κ1) is 23.9. The number of fused-ring (bicyclic) bond motifs is 1. The zero-order chi connectivity index (χ0) is 25.4. The number of carbonyl (C=O) groups is 1. The van der Waals surface area contributed by atoms with Gasteiger partial charge in [0.1, 0.15) is 23.5 Å². The Balaban J connectivity index is 1.51. The molecule has 0 radical (unpaired) electrons. The number of amides is 1. The van der Waals surface area contributed by atoms with Crippen molar-refractivity contribution in [1.82, 2.24) is 24.6 Å². The maximum atomic E-state index is 15.8. The maximum absolute atomic E-state index is 15.8. The number of rotatable bonds is 7. The number of carbonyl (C=O) groups excluding carboxylic acids is 1. The molecule has 1 saturated carbocycles. The lowest BCUT2D eigenvalue weighted by atomic mass is 10.1. The van der Waals surface area contributed by atoms with E-state index >= 15 is 4.39 Å². The second kappa shape index (κ2) is 9.67. The first-order valence-corrected chi connectivity index (χ1v) is 11.9. The fourth-order valence-corrected chi connectivity index (χ4v) is 4.22. The Kier molecular flexibility index (Phi) is 6.42. The Morgan fingerprint density at radius 3 is 2.67 bits per heavy atom. The number of nitrogen functional groups attached to an aromatic ring is 1. The van der Waals surface area contributed by atoms with Crippen LogP contribution in [-0.4, -0.2) is 57.2 Å². The SMILES string of the molecule is CN(C(=O)/C=C/CN(C)C1CC1)c1cccc(-n2nc(-c3ccc(Cl)cc3)c3c(N)ncnc32)c1F. The lowest BCUT2D eigenvalue weighted by molar-refractivity contribution is -0.113. The highest BCUT2D eigenvalue weighted by molar-refractivity contribution is 6.30. The number of anilines is 2. The molecule has 184 valence electrons. The van der Waals surface area contributed by atoms with Gasteiger partial charge in [-0.05, 0) is 44.2 Å². The highest BCUT2D eigenvalue weighted by Crippen LogP contribution is 2.34. The van der Waals surface area contributed by atoms with Gasteiger partial charge in [-0.25, -0.2) is 19.0 Å². The molecule has 0 spiro atoms. The monoisotopic (exact) mass is 505 g/mol. The van der Waals surface area contributed by atoms with Crippen molar-refractivity contribution in [2.75, 3.05) is 31.3 Å². The van der Waals surface area contributed by atoms with Crippen molar-refractivity contribution in [3.05, 3.63) is 71.8 Å². The molecule has 8 nitrogen and oxygen atoms in total. The van der Waals surface area contributed by atoms with E-state index in [0.29, 0.717) is 34.3 Å². The highest BCUT2D eigenvalue weighted by atomic mass is 35.5. The fourth-order valence-electron chi connectivity index (χ4n) is 4.10.